The lowest BCUT2D eigenvalue weighted by atomic mass is 10.1. The van der Waals surface area contributed by atoms with E-state index in [4.69, 9.17) is 32.4 Å². The molecule has 0 fully saturated rings. The Kier molecular flexibility index (Phi) is 5.88. The summed E-state index contributed by atoms with van der Waals surface area (Å²) in [6, 6.07) is 10.1. The summed E-state index contributed by atoms with van der Waals surface area (Å²) >= 11 is 11.9. The summed E-state index contributed by atoms with van der Waals surface area (Å²) in [5.74, 6) is -0.0423. The Bertz CT molecular complexity index is 1000. The van der Waals surface area contributed by atoms with Gasteiger partial charge in [0, 0.05) is 22.0 Å². The molecule has 3 aromatic rings. The predicted molar refractivity (Wildman–Crippen MR) is 105 cm³/mol. The number of ether oxygens (including phenoxy) is 1. The Hall–Kier alpha value is -2.70. The zero-order valence-corrected chi connectivity index (χ0v) is 15.9. The first-order valence-corrected chi connectivity index (χ1v) is 8.77. The Morgan fingerprint density at radius 2 is 1.93 bits per heavy atom. The molecule has 6 nitrogen and oxygen atoms in total. The normalized spacial score (nSPS) is 10.6. The number of benzene rings is 2. The second-order valence-electron chi connectivity index (χ2n) is 5.75. The number of fused-ring (bicyclic) bond motifs is 1. The van der Waals surface area contributed by atoms with E-state index in [1.165, 1.54) is 12.3 Å². The summed E-state index contributed by atoms with van der Waals surface area (Å²) in [5, 5.41) is 6.80. The van der Waals surface area contributed by atoms with E-state index in [1.807, 2.05) is 6.07 Å². The van der Waals surface area contributed by atoms with Crippen molar-refractivity contribution in [2.24, 2.45) is 0 Å². The molecule has 0 saturated carbocycles. The van der Waals surface area contributed by atoms with Gasteiger partial charge in [-0.25, -0.2) is 0 Å². The van der Waals surface area contributed by atoms with Crippen LogP contribution in [0.2, 0.25) is 10.0 Å². The highest BCUT2D eigenvalue weighted by Gasteiger charge is 2.13. The van der Waals surface area contributed by atoms with E-state index < -0.39 is 5.91 Å². The fourth-order valence-corrected chi connectivity index (χ4v) is 2.87. The van der Waals surface area contributed by atoms with Crippen LogP contribution in [0.3, 0.4) is 0 Å². The van der Waals surface area contributed by atoms with E-state index in [1.54, 1.807) is 31.4 Å². The molecule has 0 aliphatic heterocycles. The lowest BCUT2D eigenvalue weighted by Gasteiger charge is -2.08. The molecule has 0 spiro atoms. The van der Waals surface area contributed by atoms with Crippen molar-refractivity contribution in [2.45, 2.75) is 6.42 Å². The quantitative estimate of drug-likeness (QED) is 0.646. The Morgan fingerprint density at radius 1 is 1.11 bits per heavy atom. The Morgan fingerprint density at radius 3 is 2.70 bits per heavy atom. The second kappa shape index (κ2) is 8.33. The first-order valence-electron chi connectivity index (χ1n) is 8.02. The van der Waals surface area contributed by atoms with Crippen LogP contribution in [0, 0.1) is 0 Å². The molecule has 1 heterocycles. The highest BCUT2D eigenvalue weighted by molar-refractivity contribution is 6.35. The summed E-state index contributed by atoms with van der Waals surface area (Å²) < 4.78 is 10.6. The van der Waals surface area contributed by atoms with Crippen molar-refractivity contribution in [3.05, 3.63) is 58.3 Å². The number of rotatable bonds is 6. The summed E-state index contributed by atoms with van der Waals surface area (Å²) in [7, 11) is 1.57. The van der Waals surface area contributed by atoms with Gasteiger partial charge in [0.15, 0.2) is 0 Å². The highest BCUT2D eigenvalue weighted by atomic mass is 35.5. The molecule has 0 atom stereocenters. The Balaban J connectivity index is 1.56. The number of methoxy groups -OCH3 is 1. The first kappa shape index (κ1) is 19.1. The van der Waals surface area contributed by atoms with Gasteiger partial charge in [0.25, 0.3) is 0 Å². The second-order valence-corrected chi connectivity index (χ2v) is 6.59. The number of carbonyl (C=O) groups is 2. The molecule has 0 aliphatic rings. The maximum Gasteiger partial charge on any atom is 0.243 e. The Labute approximate surface area is 165 Å². The fraction of sp³-hybridized carbons (Fsp3) is 0.158. The van der Waals surface area contributed by atoms with E-state index in [0.717, 1.165) is 10.9 Å². The van der Waals surface area contributed by atoms with Gasteiger partial charge in [-0.1, -0.05) is 23.2 Å². The van der Waals surface area contributed by atoms with E-state index in [-0.39, 0.29) is 18.9 Å². The largest absolute Gasteiger partial charge is 0.497 e. The molecular weight excluding hydrogens is 391 g/mol. The molecule has 0 radical (unpaired) electrons. The number of nitrogens with one attached hydrogen (secondary N) is 2. The van der Waals surface area contributed by atoms with Crippen LogP contribution in [0.5, 0.6) is 5.75 Å². The number of hydrogen-bond acceptors (Lipinski definition) is 4. The monoisotopic (exact) mass is 406 g/mol. The van der Waals surface area contributed by atoms with Crippen molar-refractivity contribution in [1.29, 1.82) is 0 Å². The van der Waals surface area contributed by atoms with Gasteiger partial charge in [-0.15, -0.1) is 0 Å². The topological polar surface area (TPSA) is 80.6 Å². The van der Waals surface area contributed by atoms with Crippen LogP contribution in [0.4, 0.5) is 5.69 Å². The maximum absolute atomic E-state index is 12.2. The summed E-state index contributed by atoms with van der Waals surface area (Å²) in [6.07, 6.45) is 1.61. The summed E-state index contributed by atoms with van der Waals surface area (Å²) in [5.41, 5.74) is 1.74. The summed E-state index contributed by atoms with van der Waals surface area (Å²) in [4.78, 5) is 24.2. The van der Waals surface area contributed by atoms with Crippen molar-refractivity contribution in [1.82, 2.24) is 5.32 Å². The van der Waals surface area contributed by atoms with Crippen LogP contribution in [-0.2, 0) is 16.0 Å². The van der Waals surface area contributed by atoms with Crippen LogP contribution < -0.4 is 15.4 Å². The van der Waals surface area contributed by atoms with Gasteiger partial charge in [0.2, 0.25) is 11.8 Å². The van der Waals surface area contributed by atoms with Gasteiger partial charge in [-0.2, -0.15) is 0 Å². The summed E-state index contributed by atoms with van der Waals surface area (Å²) in [6.45, 7) is -0.189. The fourth-order valence-electron chi connectivity index (χ4n) is 2.53. The van der Waals surface area contributed by atoms with Gasteiger partial charge in [-0.05, 0) is 30.3 Å². The number of amides is 2. The minimum Gasteiger partial charge on any atom is -0.497 e. The van der Waals surface area contributed by atoms with E-state index in [9.17, 15) is 9.59 Å². The molecule has 2 N–H and O–H groups in total. The molecule has 2 amide bonds. The molecule has 140 valence electrons. The van der Waals surface area contributed by atoms with Gasteiger partial charge < -0.3 is 19.8 Å². The average Bonchev–Trinajstić information content (AvgIpc) is 3.05. The minimum absolute atomic E-state index is 0.0878. The van der Waals surface area contributed by atoms with Gasteiger partial charge in [-0.3, -0.25) is 9.59 Å². The zero-order chi connectivity index (χ0) is 19.4. The lowest BCUT2D eigenvalue weighted by molar-refractivity contribution is -0.123. The third-order valence-electron chi connectivity index (χ3n) is 3.86. The molecule has 3 rings (SSSR count). The number of furan rings is 1. The molecule has 27 heavy (non-hydrogen) atoms. The van der Waals surface area contributed by atoms with Crippen molar-refractivity contribution in [3.63, 3.8) is 0 Å². The molecule has 2 aromatic carbocycles. The number of hydrogen-bond donors (Lipinski definition) is 2. The predicted octanol–water partition coefficient (Wildman–Crippen LogP) is 4.05. The molecular formula is C19H16Cl2N2O4. The molecule has 0 saturated heterocycles. The SMILES string of the molecule is COc1ccc2c(CC(=O)NCC(=O)Nc3cc(Cl)ccc3Cl)coc2c1. The van der Waals surface area contributed by atoms with E-state index in [0.29, 0.717) is 27.1 Å². The van der Waals surface area contributed by atoms with Gasteiger partial charge >= 0.3 is 0 Å². The van der Waals surface area contributed by atoms with E-state index >= 15 is 0 Å². The van der Waals surface area contributed by atoms with Crippen LogP contribution in [0.25, 0.3) is 11.0 Å². The number of halogens is 2. The number of anilines is 1. The van der Waals surface area contributed by atoms with E-state index in [2.05, 4.69) is 10.6 Å². The molecule has 0 aliphatic carbocycles. The maximum atomic E-state index is 12.2. The average molecular weight is 407 g/mol. The van der Waals surface area contributed by atoms with Crippen LogP contribution in [0.15, 0.2) is 47.1 Å². The minimum atomic E-state index is -0.408. The van der Waals surface area contributed by atoms with Crippen molar-refractivity contribution in [2.75, 3.05) is 19.0 Å². The third-order valence-corrected chi connectivity index (χ3v) is 4.43. The van der Waals surface area contributed by atoms with Crippen LogP contribution in [-0.4, -0.2) is 25.5 Å². The van der Waals surface area contributed by atoms with Gasteiger partial charge in [0.05, 0.1) is 37.0 Å². The highest BCUT2D eigenvalue weighted by Crippen LogP contribution is 2.26. The number of carbonyl (C=O) groups excluding carboxylic acids is 2. The molecule has 0 bridgehead atoms. The van der Waals surface area contributed by atoms with Gasteiger partial charge in [0.1, 0.15) is 11.3 Å². The lowest BCUT2D eigenvalue weighted by Crippen LogP contribution is -2.33. The van der Waals surface area contributed by atoms with Crippen LogP contribution in [0.1, 0.15) is 5.56 Å². The molecule has 8 heteroatoms. The van der Waals surface area contributed by atoms with Crippen molar-refractivity contribution in [3.8, 4) is 5.75 Å². The standard InChI is InChI=1S/C19H16Cl2N2O4/c1-26-13-3-4-14-11(10-27-17(14)8-13)6-18(24)22-9-19(25)23-16-7-12(20)2-5-15(16)21/h2-5,7-8,10H,6,9H2,1H3,(H,22,24)(H,23,25). The van der Waals surface area contributed by atoms with Crippen molar-refractivity contribution >= 4 is 51.7 Å². The zero-order valence-electron chi connectivity index (χ0n) is 14.3. The smallest absolute Gasteiger partial charge is 0.243 e. The molecule has 1 aromatic heterocycles. The third kappa shape index (κ3) is 4.72. The molecule has 0 unspecified atom stereocenters. The van der Waals surface area contributed by atoms with Crippen LogP contribution >= 0.6 is 23.2 Å². The first-order chi connectivity index (χ1) is 13.0. The van der Waals surface area contributed by atoms with Crippen molar-refractivity contribution < 1.29 is 18.7 Å².